The highest BCUT2D eigenvalue weighted by Gasteiger charge is 2.27. The van der Waals surface area contributed by atoms with Crippen LogP contribution in [0, 0.1) is 5.41 Å². The highest BCUT2D eigenvalue weighted by molar-refractivity contribution is 6.33. The van der Waals surface area contributed by atoms with Crippen LogP contribution in [0.4, 0.5) is 5.69 Å². The zero-order valence-corrected chi connectivity index (χ0v) is 19.8. The number of nitrogens with zero attached hydrogens (tertiary/aromatic N) is 3. The van der Waals surface area contributed by atoms with Crippen molar-refractivity contribution in [2.24, 2.45) is 4.99 Å². The Hall–Kier alpha value is -3.55. The summed E-state index contributed by atoms with van der Waals surface area (Å²) in [5.41, 5.74) is 1.79. The van der Waals surface area contributed by atoms with E-state index in [1.807, 2.05) is 70.5 Å². The number of hydrogen-bond donors (Lipinski definition) is 2. The van der Waals surface area contributed by atoms with Gasteiger partial charge in [-0.1, -0.05) is 60.1 Å². The number of guanidine groups is 1. The van der Waals surface area contributed by atoms with E-state index in [1.165, 1.54) is 0 Å². The van der Waals surface area contributed by atoms with Crippen molar-refractivity contribution in [3.05, 3.63) is 89.2 Å². The molecule has 2 aliphatic rings. The molecule has 2 heterocycles. The summed E-state index contributed by atoms with van der Waals surface area (Å²) in [6.07, 6.45) is 1.75. The van der Waals surface area contributed by atoms with Crippen molar-refractivity contribution in [1.82, 2.24) is 9.80 Å². The standard InChI is InChI=1S/C25H22ClN5O2.ClH/c26-20-10-3-4-11-21(20)29-25(27)31-14-12-30(13-15-31)16-22-24(32)33-23(28-22)19-9-5-7-17-6-1-2-8-18(17)19;/h1-11,16H,12-15H2,(H2,27,29);1H/b22-16+;. The highest BCUT2D eigenvalue weighted by atomic mass is 35.5. The molecule has 0 bridgehead atoms. The fourth-order valence-corrected chi connectivity index (χ4v) is 4.13. The summed E-state index contributed by atoms with van der Waals surface area (Å²) in [6, 6.07) is 21.2. The number of cyclic esters (lactones) is 1. The zero-order valence-electron chi connectivity index (χ0n) is 18.2. The van der Waals surface area contributed by atoms with E-state index in [4.69, 9.17) is 21.7 Å². The maximum Gasteiger partial charge on any atom is 0.365 e. The molecule has 0 atom stereocenters. The van der Waals surface area contributed by atoms with Crippen molar-refractivity contribution in [2.45, 2.75) is 0 Å². The molecule has 5 rings (SSSR count). The Morgan fingerprint density at radius 2 is 1.71 bits per heavy atom. The average Bonchev–Trinajstić information content (AvgIpc) is 3.20. The number of piperazine rings is 1. The van der Waals surface area contributed by atoms with Crippen LogP contribution in [0.5, 0.6) is 0 Å². The summed E-state index contributed by atoms with van der Waals surface area (Å²) in [6.45, 7) is 2.58. The number of hydrogen-bond acceptors (Lipinski definition) is 5. The second kappa shape index (κ2) is 10.2. The number of halogens is 2. The topological polar surface area (TPSA) is 81.0 Å². The van der Waals surface area contributed by atoms with Crippen LogP contribution < -0.4 is 5.32 Å². The van der Waals surface area contributed by atoms with Crippen LogP contribution in [0.25, 0.3) is 10.8 Å². The quantitative estimate of drug-likeness (QED) is 0.237. The molecule has 9 heteroatoms. The Kier molecular flexibility index (Phi) is 7.05. The maximum atomic E-state index is 12.5. The summed E-state index contributed by atoms with van der Waals surface area (Å²) in [5.74, 6) is 0.174. The highest BCUT2D eigenvalue weighted by Crippen LogP contribution is 2.24. The van der Waals surface area contributed by atoms with E-state index in [-0.39, 0.29) is 18.1 Å². The first kappa shape index (κ1) is 23.6. The number of rotatable bonds is 3. The van der Waals surface area contributed by atoms with Crippen LogP contribution in [0.15, 0.2) is 83.6 Å². The molecule has 3 aromatic rings. The third-order valence-corrected chi connectivity index (χ3v) is 6.03. The minimum Gasteiger partial charge on any atom is -0.402 e. The van der Waals surface area contributed by atoms with Crippen LogP contribution in [-0.4, -0.2) is 53.8 Å². The van der Waals surface area contributed by atoms with E-state index >= 15 is 0 Å². The van der Waals surface area contributed by atoms with Gasteiger partial charge in [0.25, 0.3) is 0 Å². The number of aliphatic imine (C=N–C) groups is 1. The number of para-hydroxylation sites is 1. The Balaban J connectivity index is 0.00000274. The smallest absolute Gasteiger partial charge is 0.365 e. The van der Waals surface area contributed by atoms with Gasteiger partial charge in [0.1, 0.15) is 0 Å². The van der Waals surface area contributed by atoms with Crippen molar-refractivity contribution < 1.29 is 9.53 Å². The van der Waals surface area contributed by atoms with Gasteiger partial charge >= 0.3 is 5.97 Å². The van der Waals surface area contributed by atoms with Gasteiger partial charge in [-0.3, -0.25) is 5.41 Å². The molecule has 2 aliphatic heterocycles. The predicted molar refractivity (Wildman–Crippen MR) is 138 cm³/mol. The lowest BCUT2D eigenvalue weighted by atomic mass is 10.0. The molecular weight excluding hydrogens is 473 g/mol. The van der Waals surface area contributed by atoms with E-state index in [1.54, 1.807) is 12.3 Å². The van der Waals surface area contributed by atoms with Gasteiger partial charge < -0.3 is 19.9 Å². The van der Waals surface area contributed by atoms with E-state index in [2.05, 4.69) is 10.3 Å². The van der Waals surface area contributed by atoms with Crippen LogP contribution in [0.2, 0.25) is 5.02 Å². The van der Waals surface area contributed by atoms with Crippen molar-refractivity contribution in [1.29, 1.82) is 5.41 Å². The SMILES string of the molecule is Cl.N=C(Nc1ccccc1Cl)N1CCN(/C=C2/N=C(c3cccc4ccccc34)OC2=O)CC1. The first-order valence-electron chi connectivity index (χ1n) is 10.7. The number of nitrogens with one attached hydrogen (secondary N) is 2. The molecule has 1 fully saturated rings. The fourth-order valence-electron chi connectivity index (χ4n) is 3.94. The number of carbonyl (C=O) groups excluding carboxylic acids is 1. The molecule has 174 valence electrons. The van der Waals surface area contributed by atoms with E-state index in [0.29, 0.717) is 48.7 Å². The molecule has 0 aromatic heterocycles. The normalized spacial score (nSPS) is 16.8. The van der Waals surface area contributed by atoms with Gasteiger partial charge in [-0.15, -0.1) is 12.4 Å². The van der Waals surface area contributed by atoms with Gasteiger partial charge in [0.15, 0.2) is 11.7 Å². The Morgan fingerprint density at radius 1 is 1.00 bits per heavy atom. The third-order valence-electron chi connectivity index (χ3n) is 5.70. The number of benzene rings is 3. The third kappa shape index (κ3) is 4.85. The van der Waals surface area contributed by atoms with Crippen LogP contribution in [-0.2, 0) is 9.53 Å². The molecule has 7 nitrogen and oxygen atoms in total. The number of ether oxygens (including phenoxy) is 1. The van der Waals surface area contributed by atoms with Crippen LogP contribution >= 0.6 is 24.0 Å². The van der Waals surface area contributed by atoms with E-state index < -0.39 is 5.97 Å². The molecule has 0 amide bonds. The summed E-state index contributed by atoms with van der Waals surface area (Å²) < 4.78 is 5.50. The van der Waals surface area contributed by atoms with Crippen molar-refractivity contribution in [3.8, 4) is 0 Å². The van der Waals surface area contributed by atoms with Gasteiger partial charge in [0.05, 0.1) is 10.7 Å². The lowest BCUT2D eigenvalue weighted by molar-refractivity contribution is -0.130. The summed E-state index contributed by atoms with van der Waals surface area (Å²) >= 11 is 6.18. The Bertz CT molecular complexity index is 1290. The van der Waals surface area contributed by atoms with Crippen molar-refractivity contribution in [3.63, 3.8) is 0 Å². The minimum atomic E-state index is -0.450. The second-order valence-corrected chi connectivity index (χ2v) is 8.23. The summed E-state index contributed by atoms with van der Waals surface area (Å²) in [4.78, 5) is 20.9. The number of carbonyl (C=O) groups is 1. The first-order valence-corrected chi connectivity index (χ1v) is 11.1. The molecular formula is C25H23Cl2N5O2. The molecule has 0 saturated carbocycles. The summed E-state index contributed by atoms with van der Waals surface area (Å²) in [7, 11) is 0. The van der Waals surface area contributed by atoms with Gasteiger partial charge in [-0.25, -0.2) is 9.79 Å². The van der Waals surface area contributed by atoms with Gasteiger partial charge in [0.2, 0.25) is 5.90 Å². The van der Waals surface area contributed by atoms with Crippen molar-refractivity contribution >= 4 is 58.3 Å². The van der Waals surface area contributed by atoms with Gasteiger partial charge in [0, 0.05) is 37.9 Å². The van der Waals surface area contributed by atoms with Gasteiger partial charge in [-0.2, -0.15) is 0 Å². The molecule has 34 heavy (non-hydrogen) atoms. The molecule has 0 unspecified atom stereocenters. The molecule has 1 saturated heterocycles. The first-order chi connectivity index (χ1) is 16.1. The average molecular weight is 496 g/mol. The van der Waals surface area contributed by atoms with Gasteiger partial charge in [-0.05, 0) is 29.0 Å². The molecule has 0 aliphatic carbocycles. The van der Waals surface area contributed by atoms with Crippen LogP contribution in [0.1, 0.15) is 5.56 Å². The molecule has 2 N–H and O–H groups in total. The fraction of sp³-hybridized carbons (Fsp3) is 0.160. The Morgan fingerprint density at radius 3 is 2.50 bits per heavy atom. The monoisotopic (exact) mass is 495 g/mol. The lowest BCUT2D eigenvalue weighted by Gasteiger charge is -2.35. The Labute approximate surface area is 208 Å². The second-order valence-electron chi connectivity index (χ2n) is 7.82. The summed E-state index contributed by atoms with van der Waals surface area (Å²) in [5, 5.41) is 14.0. The number of esters is 1. The molecule has 0 radical (unpaired) electrons. The molecule has 0 spiro atoms. The van der Waals surface area contributed by atoms with E-state index in [9.17, 15) is 4.79 Å². The maximum absolute atomic E-state index is 12.5. The number of anilines is 1. The largest absolute Gasteiger partial charge is 0.402 e. The van der Waals surface area contributed by atoms with E-state index in [0.717, 1.165) is 16.3 Å². The molecule has 3 aromatic carbocycles. The minimum absolute atomic E-state index is 0. The lowest BCUT2D eigenvalue weighted by Crippen LogP contribution is -2.48. The van der Waals surface area contributed by atoms with Crippen LogP contribution in [0.3, 0.4) is 0 Å². The zero-order chi connectivity index (χ0) is 22.8. The number of fused-ring (bicyclic) bond motifs is 1. The van der Waals surface area contributed by atoms with Crippen molar-refractivity contribution in [2.75, 3.05) is 31.5 Å². The predicted octanol–water partition coefficient (Wildman–Crippen LogP) is 4.72.